The molecule has 3 aliphatic heterocycles. The van der Waals surface area contributed by atoms with E-state index in [2.05, 4.69) is 72.9 Å². The van der Waals surface area contributed by atoms with E-state index in [0.29, 0.717) is 62.3 Å². The van der Waals surface area contributed by atoms with Crippen molar-refractivity contribution in [3.05, 3.63) is 36.5 Å². The van der Waals surface area contributed by atoms with Crippen LogP contribution in [0.15, 0.2) is 36.5 Å². The number of carbonyl (C=O) groups is 2. The van der Waals surface area contributed by atoms with Gasteiger partial charge < -0.3 is 98.1 Å². The number of ether oxygens (including phenoxy) is 5. The van der Waals surface area contributed by atoms with Crippen molar-refractivity contribution >= 4 is 44.0 Å². The number of alkyl halides is 2. The number of alkyl carbamates (subject to hydrolysis) is 2. The molecule has 434 valence electrons. The van der Waals surface area contributed by atoms with Crippen molar-refractivity contribution in [2.45, 2.75) is 274 Å². The number of fused-ring (bicyclic) bond motifs is 3. The molecule has 7 aliphatic carbocycles. The highest BCUT2D eigenvalue weighted by Crippen LogP contribution is 2.46. The average Bonchev–Trinajstić information content (AvgIpc) is 4.25. The van der Waals surface area contributed by atoms with E-state index in [4.69, 9.17) is 61.9 Å². The predicted molar refractivity (Wildman–Crippen MR) is 290 cm³/mol. The van der Waals surface area contributed by atoms with E-state index in [1.807, 2.05) is 6.08 Å². The number of carbonyl (C=O) groups excluding carboxylic acids is 2. The molecule has 5 saturated carbocycles. The molecule has 0 aromatic heterocycles. The Bertz CT molecular complexity index is 1660. The number of halogens is 2. The minimum Gasteiger partial charge on any atom is -0.444 e. The Morgan fingerprint density at radius 1 is 0.427 bits per heavy atom. The van der Waals surface area contributed by atoms with Crippen LogP contribution in [0.2, 0.25) is 0 Å². The minimum absolute atomic E-state index is 0.167. The Balaban J connectivity index is 0.000000195. The van der Waals surface area contributed by atoms with Gasteiger partial charge in [-0.05, 0) is 92.9 Å². The van der Waals surface area contributed by atoms with Gasteiger partial charge >= 0.3 is 12.2 Å². The van der Waals surface area contributed by atoms with E-state index < -0.39 is 84.2 Å². The molecule has 3 saturated heterocycles. The molecular weight excluding hydrogens is 1110 g/mol. The van der Waals surface area contributed by atoms with E-state index in [0.717, 1.165) is 38.5 Å². The van der Waals surface area contributed by atoms with Crippen molar-refractivity contribution in [1.29, 1.82) is 0 Å². The number of hydrogen-bond donors (Lipinski definition) is 14. The topological polar surface area (TPSA) is 380 Å². The van der Waals surface area contributed by atoms with E-state index in [9.17, 15) is 35.1 Å². The molecule has 3 heterocycles. The van der Waals surface area contributed by atoms with Crippen LogP contribution in [-0.4, -0.2) is 196 Å². The van der Waals surface area contributed by atoms with Gasteiger partial charge in [-0.1, -0.05) is 68.3 Å². The number of aliphatic hydroxyl groups excluding tert-OH is 8. The maximum absolute atomic E-state index is 11.5. The van der Waals surface area contributed by atoms with Gasteiger partial charge in [-0.3, -0.25) is 0 Å². The lowest BCUT2D eigenvalue weighted by atomic mass is 9.87. The van der Waals surface area contributed by atoms with E-state index in [-0.39, 0.29) is 46.8 Å². The molecule has 22 atom stereocenters. The van der Waals surface area contributed by atoms with Crippen molar-refractivity contribution in [2.75, 3.05) is 0 Å². The molecule has 0 aromatic carbocycles. The number of hydrogen-bond acceptors (Lipinski definition) is 19. The molecule has 0 radical (unpaired) electrons. The highest BCUT2D eigenvalue weighted by Gasteiger charge is 2.56. The minimum atomic E-state index is -0.794. The van der Waals surface area contributed by atoms with Crippen LogP contribution in [0.4, 0.5) is 9.59 Å². The van der Waals surface area contributed by atoms with Crippen LogP contribution < -0.4 is 33.6 Å². The quantitative estimate of drug-likeness (QED) is 0.107. The van der Waals surface area contributed by atoms with Crippen LogP contribution in [0.3, 0.4) is 0 Å². The third-order valence-corrected chi connectivity index (χ3v) is 15.9. The summed E-state index contributed by atoms with van der Waals surface area (Å²) in [4.78, 5) is 23.6. The van der Waals surface area contributed by atoms with Gasteiger partial charge in [-0.25, -0.2) is 9.59 Å². The smallest absolute Gasteiger partial charge is 0.407 e. The Labute approximate surface area is 460 Å². The molecule has 0 aromatic rings. The second-order valence-corrected chi connectivity index (χ2v) is 25.4. The lowest BCUT2D eigenvalue weighted by Crippen LogP contribution is -2.55. The van der Waals surface area contributed by atoms with Gasteiger partial charge in [-0.15, -0.1) is 0 Å². The number of amides is 2. The maximum Gasteiger partial charge on any atom is 0.407 e. The second-order valence-electron chi connectivity index (χ2n) is 23.1. The summed E-state index contributed by atoms with van der Waals surface area (Å²) in [5.74, 6) is 0. The van der Waals surface area contributed by atoms with Crippen LogP contribution in [-0.2, 0) is 23.7 Å². The first kappa shape index (κ1) is 65.6. The molecular formula is C52H92Br2N6O15. The SMILES string of the molecule is C1=CCC=CC1.C1[C@@H]2O[C@@H]2C[C@@H]2O[C@H]12.CC(C)(C)OC(=O)N[C@@H]1C[C@H](N)[C@@H](O)C[C@H]1O.CC(C)(C)OC(=O)N[C@H]1C[C@@H](N)[C@H](O)C[C@@H]1O.N[C@@H]1C[C@H](N)[C@@H](O)C[C@H]1O.O[C@@H]1CC=CC[C@H]1Br.O[C@@H]1C[C@@H]2O[C@@H]2C[C@H]1Br. The molecule has 0 unspecified atom stereocenters. The van der Waals surface area contributed by atoms with Gasteiger partial charge in [0.25, 0.3) is 0 Å². The number of allylic oxidation sites excluding steroid dienone is 5. The standard InChI is InChI=1S/2C11H22N2O4.C6H9BrO2.C6H9BrO.C6H14N2O2.C6H8O2.C6H8/c2*1-11(2,3)17-10(16)13-7-4-6(12)8(14)5-9(7)15;7-3-1-5-6(9-5)2-4(3)8;7-5-3-1-2-4-6(5)8;7-3-1-4(8)6(10)2-5(3)9;1-3-5(7-3)2-6-4(1)8-6;1-2-4-6-5-3-1/h2*6-9,14-15H,4-5,12H2,1-3H3,(H,13,16);3-6,8H,1-2H2;1-2,5-6,8H,3-4H2;3-6,9-10H,1-2,7-8H2;3-6H,1-2H2;1-2,5-6H,3-4H2/t2*6-,7+,8-,9+;3-,4-,5-,6+;5-,6-;3-,4+,5-,6+;3-,4+,5+,6-;/m1011.../s1. The van der Waals surface area contributed by atoms with Crippen molar-refractivity contribution in [3.63, 3.8) is 0 Å². The number of rotatable bonds is 2. The fourth-order valence-corrected chi connectivity index (χ4v) is 10.2. The van der Waals surface area contributed by atoms with E-state index >= 15 is 0 Å². The lowest BCUT2D eigenvalue weighted by Gasteiger charge is -2.35. The molecule has 21 nitrogen and oxygen atoms in total. The Morgan fingerprint density at radius 2 is 0.760 bits per heavy atom. The van der Waals surface area contributed by atoms with Crippen LogP contribution in [0, 0.1) is 0 Å². The van der Waals surface area contributed by atoms with E-state index in [1.54, 1.807) is 41.5 Å². The average molecular weight is 1200 g/mol. The fourth-order valence-electron chi connectivity index (χ4n) is 9.15. The molecule has 75 heavy (non-hydrogen) atoms. The van der Waals surface area contributed by atoms with Crippen LogP contribution in [0.25, 0.3) is 0 Å². The number of aliphatic hydroxyl groups is 8. The first-order valence-corrected chi connectivity index (χ1v) is 28.5. The maximum atomic E-state index is 11.5. The fraction of sp³-hybridized carbons (Fsp3) is 0.846. The largest absolute Gasteiger partial charge is 0.444 e. The molecule has 8 fully saturated rings. The Kier molecular flexibility index (Phi) is 26.8. The molecule has 10 rings (SSSR count). The molecule has 0 spiro atoms. The summed E-state index contributed by atoms with van der Waals surface area (Å²) in [5.41, 5.74) is 21.2. The summed E-state index contributed by atoms with van der Waals surface area (Å²) in [5, 5.41) is 80.1. The highest BCUT2D eigenvalue weighted by atomic mass is 79.9. The predicted octanol–water partition coefficient (Wildman–Crippen LogP) is 1.94. The van der Waals surface area contributed by atoms with Gasteiger partial charge in [0.15, 0.2) is 0 Å². The van der Waals surface area contributed by atoms with Gasteiger partial charge in [0.05, 0.1) is 97.5 Å². The Hall–Kier alpha value is -1.88. The van der Waals surface area contributed by atoms with Crippen molar-refractivity contribution in [1.82, 2.24) is 10.6 Å². The van der Waals surface area contributed by atoms with Crippen molar-refractivity contribution in [2.24, 2.45) is 22.9 Å². The zero-order chi connectivity index (χ0) is 55.9. The molecule has 2 amide bonds. The van der Waals surface area contributed by atoms with Gasteiger partial charge in [0, 0.05) is 72.3 Å². The van der Waals surface area contributed by atoms with Crippen LogP contribution in [0.1, 0.15) is 131 Å². The first-order chi connectivity index (χ1) is 35.0. The third kappa shape index (κ3) is 25.0. The summed E-state index contributed by atoms with van der Waals surface area (Å²) in [6.07, 6.45) is 20.3. The normalized spacial score (nSPS) is 41.4. The summed E-state index contributed by atoms with van der Waals surface area (Å²) in [6.45, 7) is 10.6. The zero-order valence-corrected chi connectivity index (χ0v) is 47.7. The monoisotopic (exact) mass is 1200 g/mol. The van der Waals surface area contributed by atoms with Crippen molar-refractivity contribution < 1.29 is 74.1 Å². The summed E-state index contributed by atoms with van der Waals surface area (Å²) in [7, 11) is 0. The number of nitrogens with two attached hydrogens (primary N) is 4. The number of epoxide rings is 3. The first-order valence-electron chi connectivity index (χ1n) is 26.6. The number of nitrogens with one attached hydrogen (secondary N) is 2. The van der Waals surface area contributed by atoms with Gasteiger partial charge in [0.1, 0.15) is 11.2 Å². The highest BCUT2D eigenvalue weighted by molar-refractivity contribution is 9.09. The van der Waals surface area contributed by atoms with Gasteiger partial charge in [-0.2, -0.15) is 0 Å². The summed E-state index contributed by atoms with van der Waals surface area (Å²) >= 11 is 6.74. The molecule has 23 heteroatoms. The second kappa shape index (κ2) is 30.6. The van der Waals surface area contributed by atoms with E-state index in [1.165, 1.54) is 12.8 Å². The zero-order valence-electron chi connectivity index (χ0n) is 44.6. The molecule has 10 aliphatic rings. The lowest BCUT2D eigenvalue weighted by molar-refractivity contribution is -0.00293. The van der Waals surface area contributed by atoms with Crippen LogP contribution >= 0.6 is 31.9 Å². The molecule has 0 bridgehead atoms. The van der Waals surface area contributed by atoms with Crippen molar-refractivity contribution in [3.8, 4) is 0 Å². The summed E-state index contributed by atoms with van der Waals surface area (Å²) < 4.78 is 26.0. The third-order valence-electron chi connectivity index (χ3n) is 13.9. The van der Waals surface area contributed by atoms with Crippen LogP contribution in [0.5, 0.6) is 0 Å². The Morgan fingerprint density at radius 3 is 1.07 bits per heavy atom. The van der Waals surface area contributed by atoms with Gasteiger partial charge in [0.2, 0.25) is 0 Å². The molecule has 18 N–H and O–H groups in total. The summed E-state index contributed by atoms with van der Waals surface area (Å²) in [6, 6.07) is -2.33.